The molecule has 0 aliphatic carbocycles. The number of amides is 3. The SMILES string of the molecule is C=CCN(C)C(=O)[C@H]1[C@H]2C(=O)N([C@H](CO)c3ccccc3)C(C(=O)N(CC=C)CCN3CCOCC3)C23CC(Br)[C@@H]1S3. The van der Waals surface area contributed by atoms with Gasteiger partial charge in [-0.1, -0.05) is 58.4 Å². The summed E-state index contributed by atoms with van der Waals surface area (Å²) in [6.07, 6.45) is 3.98. The number of likely N-dealkylation sites (N-methyl/N-ethyl adjacent to an activating group) is 1. The minimum Gasteiger partial charge on any atom is -0.394 e. The number of likely N-dealkylation sites (tertiary alicyclic amines) is 1. The van der Waals surface area contributed by atoms with Crippen molar-refractivity contribution in [1.82, 2.24) is 19.6 Å². The van der Waals surface area contributed by atoms with E-state index < -0.39 is 28.7 Å². The molecule has 0 saturated carbocycles. The van der Waals surface area contributed by atoms with Gasteiger partial charge in [-0.2, -0.15) is 0 Å². The van der Waals surface area contributed by atoms with Crippen molar-refractivity contribution in [3.05, 3.63) is 61.2 Å². The van der Waals surface area contributed by atoms with Gasteiger partial charge in [0, 0.05) is 56.4 Å². The van der Waals surface area contributed by atoms with E-state index in [1.54, 1.807) is 45.7 Å². The highest BCUT2D eigenvalue weighted by Crippen LogP contribution is 2.68. The summed E-state index contributed by atoms with van der Waals surface area (Å²) in [6.45, 7) is 12.2. The second-order valence-electron chi connectivity index (χ2n) is 11.6. The maximum absolute atomic E-state index is 14.8. The number of morpholine rings is 1. The van der Waals surface area contributed by atoms with Crippen molar-refractivity contribution in [3.63, 3.8) is 0 Å². The van der Waals surface area contributed by atoms with Crippen LogP contribution in [0.3, 0.4) is 0 Å². The Morgan fingerprint density at radius 3 is 2.52 bits per heavy atom. The second kappa shape index (κ2) is 13.2. The summed E-state index contributed by atoms with van der Waals surface area (Å²) in [7, 11) is 1.73. The second-order valence-corrected chi connectivity index (χ2v) is 14.3. The number of benzene rings is 1. The maximum Gasteiger partial charge on any atom is 0.247 e. The third-order valence-electron chi connectivity index (χ3n) is 9.17. The number of aliphatic hydroxyl groups is 1. The number of hydrogen-bond acceptors (Lipinski definition) is 7. The zero-order chi connectivity index (χ0) is 30.0. The van der Waals surface area contributed by atoms with E-state index in [1.807, 2.05) is 30.3 Å². The molecular weight excluding hydrogens is 620 g/mol. The van der Waals surface area contributed by atoms with E-state index in [4.69, 9.17) is 4.74 Å². The van der Waals surface area contributed by atoms with E-state index in [1.165, 1.54) is 0 Å². The van der Waals surface area contributed by atoms with Gasteiger partial charge in [-0.3, -0.25) is 19.3 Å². The summed E-state index contributed by atoms with van der Waals surface area (Å²) in [4.78, 5) is 50.6. The summed E-state index contributed by atoms with van der Waals surface area (Å²) in [5, 5.41) is 10.6. The molecule has 4 aliphatic rings. The Bertz CT molecular complexity index is 1180. The predicted octanol–water partition coefficient (Wildman–Crippen LogP) is 2.18. The van der Waals surface area contributed by atoms with Gasteiger partial charge >= 0.3 is 0 Å². The largest absolute Gasteiger partial charge is 0.394 e. The molecule has 3 amide bonds. The fourth-order valence-corrected chi connectivity index (χ4v) is 10.8. The number of halogens is 1. The van der Waals surface area contributed by atoms with Gasteiger partial charge in [0.1, 0.15) is 6.04 Å². The van der Waals surface area contributed by atoms with Gasteiger partial charge in [0.05, 0.1) is 42.4 Å². The normalized spacial score (nSPS) is 31.1. The molecule has 4 fully saturated rings. The first-order chi connectivity index (χ1) is 20.3. The molecule has 7 atom stereocenters. The highest BCUT2D eigenvalue weighted by molar-refractivity contribution is 9.09. The lowest BCUT2D eigenvalue weighted by molar-refractivity contribution is -0.147. The summed E-state index contributed by atoms with van der Waals surface area (Å²) in [5.74, 6) is -1.75. The number of aliphatic hydroxyl groups excluding tert-OH is 1. The molecule has 4 heterocycles. The Kier molecular flexibility index (Phi) is 9.83. The topological polar surface area (TPSA) is 93.6 Å². The van der Waals surface area contributed by atoms with E-state index in [0.717, 1.165) is 18.7 Å². The molecule has 9 nitrogen and oxygen atoms in total. The van der Waals surface area contributed by atoms with Gasteiger partial charge in [-0.15, -0.1) is 24.9 Å². The van der Waals surface area contributed by atoms with Crippen molar-refractivity contribution in [2.24, 2.45) is 11.8 Å². The Morgan fingerprint density at radius 2 is 1.88 bits per heavy atom. The van der Waals surface area contributed by atoms with E-state index in [-0.39, 0.29) is 34.4 Å². The fraction of sp³-hybridized carbons (Fsp3) is 0.581. The van der Waals surface area contributed by atoms with Crippen molar-refractivity contribution in [1.29, 1.82) is 0 Å². The Balaban J connectivity index is 1.55. The lowest BCUT2D eigenvalue weighted by Gasteiger charge is -2.40. The number of thioether (sulfide) groups is 1. The standard InChI is InChI=1S/C31H41BrN4O5S/c1-4-11-33(3)28(38)24-25-29(39)36(23(20-37)21-9-7-6-8-10-21)27(31(25)19-22(32)26(24)42-31)30(40)35(12-5-2)14-13-34-15-17-41-18-16-34/h4-10,22-27,37H,1-2,11-20H2,3H3/t22?,23-,24+,25+,26+,27?,31?/m1/s1. The van der Waals surface area contributed by atoms with Crippen LogP contribution < -0.4 is 0 Å². The van der Waals surface area contributed by atoms with Crippen molar-refractivity contribution in [2.75, 3.05) is 66.1 Å². The van der Waals surface area contributed by atoms with Gasteiger partial charge in [-0.25, -0.2) is 0 Å². The number of hydrogen-bond donors (Lipinski definition) is 1. The van der Waals surface area contributed by atoms with Crippen LogP contribution in [0, 0.1) is 11.8 Å². The van der Waals surface area contributed by atoms with Crippen LogP contribution in [0.2, 0.25) is 0 Å². The first-order valence-corrected chi connectivity index (χ1v) is 16.4. The maximum atomic E-state index is 14.8. The van der Waals surface area contributed by atoms with Gasteiger partial charge in [0.2, 0.25) is 17.7 Å². The average molecular weight is 662 g/mol. The highest BCUT2D eigenvalue weighted by Gasteiger charge is 2.76. The van der Waals surface area contributed by atoms with Gasteiger partial charge < -0.3 is 24.5 Å². The fourth-order valence-electron chi connectivity index (χ4n) is 7.24. The molecule has 42 heavy (non-hydrogen) atoms. The van der Waals surface area contributed by atoms with Crippen molar-refractivity contribution >= 4 is 45.4 Å². The lowest BCUT2D eigenvalue weighted by Crippen LogP contribution is -2.57. The zero-order valence-electron chi connectivity index (χ0n) is 24.1. The lowest BCUT2D eigenvalue weighted by atomic mass is 9.70. The van der Waals surface area contributed by atoms with E-state index in [9.17, 15) is 19.5 Å². The number of fused-ring (bicyclic) bond motifs is 1. The minimum absolute atomic E-state index is 0.0293. The molecule has 11 heteroatoms. The van der Waals surface area contributed by atoms with Crippen LogP contribution in [0.1, 0.15) is 18.0 Å². The van der Waals surface area contributed by atoms with Crippen LogP contribution in [-0.2, 0) is 19.1 Å². The van der Waals surface area contributed by atoms with Gasteiger partial charge in [0.15, 0.2) is 0 Å². The van der Waals surface area contributed by atoms with E-state index >= 15 is 0 Å². The number of nitrogens with zero attached hydrogens (tertiary/aromatic N) is 4. The number of alkyl halides is 1. The Labute approximate surface area is 261 Å². The first kappa shape index (κ1) is 31.3. The van der Waals surface area contributed by atoms with Crippen LogP contribution in [0.15, 0.2) is 55.6 Å². The summed E-state index contributed by atoms with van der Waals surface area (Å²) in [5.41, 5.74) is 0.757. The van der Waals surface area contributed by atoms with E-state index in [2.05, 4.69) is 34.0 Å². The van der Waals surface area contributed by atoms with E-state index in [0.29, 0.717) is 45.8 Å². The third kappa shape index (κ3) is 5.47. The third-order valence-corrected chi connectivity index (χ3v) is 12.4. The Hall–Kier alpha value is -2.18. The predicted molar refractivity (Wildman–Crippen MR) is 167 cm³/mol. The molecule has 4 saturated heterocycles. The monoisotopic (exact) mass is 660 g/mol. The van der Waals surface area contributed by atoms with Crippen molar-refractivity contribution in [3.8, 4) is 0 Å². The summed E-state index contributed by atoms with van der Waals surface area (Å²) in [6, 6.07) is 7.81. The number of carbonyl (C=O) groups is 3. The van der Waals surface area contributed by atoms with Gasteiger partial charge in [0.25, 0.3) is 0 Å². The average Bonchev–Trinajstić information content (AvgIpc) is 3.59. The van der Waals surface area contributed by atoms with Crippen LogP contribution in [0.5, 0.6) is 0 Å². The van der Waals surface area contributed by atoms with Crippen LogP contribution in [0.25, 0.3) is 0 Å². The summed E-state index contributed by atoms with van der Waals surface area (Å²) >= 11 is 5.45. The first-order valence-electron chi connectivity index (χ1n) is 14.6. The highest BCUT2D eigenvalue weighted by atomic mass is 79.9. The molecule has 5 rings (SSSR count). The molecule has 3 unspecified atom stereocenters. The molecular formula is C31H41BrN4O5S. The van der Waals surface area contributed by atoms with Crippen LogP contribution >= 0.6 is 27.7 Å². The number of carbonyl (C=O) groups excluding carboxylic acids is 3. The molecule has 1 N–H and O–H groups in total. The van der Waals surface area contributed by atoms with Crippen LogP contribution in [0.4, 0.5) is 0 Å². The number of rotatable bonds is 12. The minimum atomic E-state index is -0.838. The van der Waals surface area contributed by atoms with Crippen LogP contribution in [-0.4, -0.2) is 129 Å². The molecule has 2 bridgehead atoms. The molecule has 1 aromatic rings. The van der Waals surface area contributed by atoms with Crippen molar-refractivity contribution < 1.29 is 24.2 Å². The molecule has 1 aromatic carbocycles. The zero-order valence-corrected chi connectivity index (χ0v) is 26.5. The van der Waals surface area contributed by atoms with Crippen molar-refractivity contribution in [2.45, 2.75) is 33.3 Å². The molecule has 4 aliphatic heterocycles. The molecule has 0 aromatic heterocycles. The number of ether oxygens (including phenoxy) is 1. The molecule has 1 spiro atoms. The smallest absolute Gasteiger partial charge is 0.247 e. The quantitative estimate of drug-likeness (QED) is 0.271. The summed E-state index contributed by atoms with van der Waals surface area (Å²) < 4.78 is 4.69. The Morgan fingerprint density at radius 1 is 1.19 bits per heavy atom. The van der Waals surface area contributed by atoms with Gasteiger partial charge in [-0.05, 0) is 12.0 Å². The molecule has 228 valence electrons. The molecule has 0 radical (unpaired) electrons.